The lowest BCUT2D eigenvalue weighted by Gasteiger charge is -2.28. The van der Waals surface area contributed by atoms with E-state index in [-0.39, 0.29) is 6.54 Å². The molecule has 1 atom stereocenters. The molecule has 2 aromatic carbocycles. The lowest BCUT2D eigenvalue weighted by Crippen LogP contribution is -2.47. The molecule has 0 spiro atoms. The summed E-state index contributed by atoms with van der Waals surface area (Å²) in [4.78, 5) is 12.4. The molecule has 0 aliphatic rings. The summed E-state index contributed by atoms with van der Waals surface area (Å²) >= 11 is 5.92. The Morgan fingerprint density at radius 2 is 1.92 bits per heavy atom. The number of anilines is 1. The maximum Gasteiger partial charge on any atom is 0.243 e. The third-order valence-electron chi connectivity index (χ3n) is 3.51. The summed E-state index contributed by atoms with van der Waals surface area (Å²) in [6, 6.07) is 11.1. The summed E-state index contributed by atoms with van der Waals surface area (Å²) in [5, 5.41) is 2.98. The van der Waals surface area contributed by atoms with Crippen molar-refractivity contribution in [1.82, 2.24) is 5.32 Å². The molecule has 0 aliphatic heterocycles. The largest absolute Gasteiger partial charge is 0.350 e. The van der Waals surface area contributed by atoms with Crippen LogP contribution in [-0.4, -0.2) is 26.6 Å². The first-order chi connectivity index (χ1) is 11.7. The van der Waals surface area contributed by atoms with E-state index in [4.69, 9.17) is 11.6 Å². The molecule has 1 unspecified atom stereocenters. The lowest BCUT2D eigenvalue weighted by molar-refractivity contribution is -0.122. The molecule has 0 saturated carbocycles. The number of rotatable bonds is 6. The van der Waals surface area contributed by atoms with Gasteiger partial charge in [-0.3, -0.25) is 9.10 Å². The first-order valence-corrected chi connectivity index (χ1v) is 9.68. The predicted octanol–water partition coefficient (Wildman–Crippen LogP) is 2.95. The second kappa shape index (κ2) is 7.84. The van der Waals surface area contributed by atoms with Crippen LogP contribution in [0, 0.1) is 5.82 Å². The van der Waals surface area contributed by atoms with Crippen molar-refractivity contribution >= 4 is 33.2 Å². The summed E-state index contributed by atoms with van der Waals surface area (Å²) < 4.78 is 38.5. The standard InChI is InChI=1S/C17H18ClFN2O3S/c1-12(17(22)20-11-13-5-3-7-15(19)9-13)21(25(2,23)24)16-8-4-6-14(18)10-16/h3-10,12H,11H2,1-2H3,(H,20,22). The molecule has 134 valence electrons. The van der Waals surface area contributed by atoms with Gasteiger partial charge in [-0.1, -0.05) is 29.8 Å². The molecule has 5 nitrogen and oxygen atoms in total. The van der Waals surface area contributed by atoms with Crippen molar-refractivity contribution < 1.29 is 17.6 Å². The highest BCUT2D eigenvalue weighted by molar-refractivity contribution is 7.92. The zero-order valence-electron chi connectivity index (χ0n) is 13.7. The van der Waals surface area contributed by atoms with Gasteiger partial charge < -0.3 is 5.32 Å². The van der Waals surface area contributed by atoms with Crippen LogP contribution in [0.15, 0.2) is 48.5 Å². The fraction of sp³-hybridized carbons (Fsp3) is 0.235. The molecule has 8 heteroatoms. The minimum absolute atomic E-state index is 0.0914. The van der Waals surface area contributed by atoms with Crippen molar-refractivity contribution in [2.45, 2.75) is 19.5 Å². The van der Waals surface area contributed by atoms with Gasteiger partial charge in [0.25, 0.3) is 0 Å². The number of hydrogen-bond donors (Lipinski definition) is 1. The van der Waals surface area contributed by atoms with Crippen LogP contribution in [-0.2, 0) is 21.4 Å². The topological polar surface area (TPSA) is 66.5 Å². The number of benzene rings is 2. The Kier molecular flexibility index (Phi) is 6.02. The minimum atomic E-state index is -3.71. The van der Waals surface area contributed by atoms with Crippen LogP contribution in [0.4, 0.5) is 10.1 Å². The van der Waals surface area contributed by atoms with Crippen LogP contribution in [0.2, 0.25) is 5.02 Å². The fourth-order valence-electron chi connectivity index (χ4n) is 2.41. The molecule has 0 fully saturated rings. The van der Waals surface area contributed by atoms with E-state index in [1.807, 2.05) is 0 Å². The van der Waals surface area contributed by atoms with E-state index in [0.717, 1.165) is 10.6 Å². The zero-order chi connectivity index (χ0) is 18.6. The van der Waals surface area contributed by atoms with E-state index in [9.17, 15) is 17.6 Å². The smallest absolute Gasteiger partial charge is 0.243 e. The molecule has 2 rings (SSSR count). The number of amides is 1. The van der Waals surface area contributed by atoms with Crippen molar-refractivity contribution in [3.8, 4) is 0 Å². The highest BCUT2D eigenvalue weighted by Gasteiger charge is 2.29. The van der Waals surface area contributed by atoms with Crippen LogP contribution in [0.3, 0.4) is 0 Å². The summed E-state index contributed by atoms with van der Waals surface area (Å²) in [5.74, 6) is -0.911. The summed E-state index contributed by atoms with van der Waals surface area (Å²) in [6.07, 6.45) is 1.02. The van der Waals surface area contributed by atoms with Gasteiger partial charge in [0.05, 0.1) is 11.9 Å². The van der Waals surface area contributed by atoms with Crippen LogP contribution in [0.25, 0.3) is 0 Å². The maximum atomic E-state index is 13.2. The molecule has 1 amide bonds. The second-order valence-corrected chi connectivity index (χ2v) is 7.86. The van der Waals surface area contributed by atoms with Crippen molar-refractivity contribution in [2.75, 3.05) is 10.6 Å². The quantitative estimate of drug-likeness (QED) is 0.832. The van der Waals surface area contributed by atoms with Gasteiger partial charge in [0.1, 0.15) is 11.9 Å². The molecule has 0 saturated heterocycles. The van der Waals surface area contributed by atoms with E-state index < -0.39 is 27.8 Å². The Balaban J connectivity index is 2.18. The molecule has 1 N–H and O–H groups in total. The third kappa shape index (κ3) is 5.17. The molecule has 0 radical (unpaired) electrons. The van der Waals surface area contributed by atoms with E-state index in [2.05, 4.69) is 5.32 Å². The molecule has 0 bridgehead atoms. The van der Waals surface area contributed by atoms with Crippen LogP contribution in [0.1, 0.15) is 12.5 Å². The maximum absolute atomic E-state index is 13.2. The number of halogens is 2. The first-order valence-electron chi connectivity index (χ1n) is 7.45. The van der Waals surface area contributed by atoms with Crippen molar-refractivity contribution in [3.05, 3.63) is 64.9 Å². The van der Waals surface area contributed by atoms with Crippen LogP contribution < -0.4 is 9.62 Å². The van der Waals surface area contributed by atoms with Gasteiger partial charge in [0.15, 0.2) is 0 Å². The van der Waals surface area contributed by atoms with Gasteiger partial charge in [0, 0.05) is 11.6 Å². The van der Waals surface area contributed by atoms with Gasteiger partial charge in [-0.25, -0.2) is 12.8 Å². The third-order valence-corrected chi connectivity index (χ3v) is 4.98. The predicted molar refractivity (Wildman–Crippen MR) is 96.5 cm³/mol. The minimum Gasteiger partial charge on any atom is -0.350 e. The Morgan fingerprint density at radius 1 is 1.24 bits per heavy atom. The van der Waals surface area contributed by atoms with Gasteiger partial charge >= 0.3 is 0 Å². The van der Waals surface area contributed by atoms with Gasteiger partial charge in [-0.15, -0.1) is 0 Å². The summed E-state index contributed by atoms with van der Waals surface area (Å²) in [5.41, 5.74) is 0.873. The molecule has 2 aromatic rings. The number of carbonyl (C=O) groups is 1. The van der Waals surface area contributed by atoms with E-state index >= 15 is 0 Å². The molecular formula is C17H18ClFN2O3S. The highest BCUT2D eigenvalue weighted by atomic mass is 35.5. The zero-order valence-corrected chi connectivity index (χ0v) is 15.3. The fourth-order valence-corrected chi connectivity index (χ4v) is 3.76. The SMILES string of the molecule is CC(C(=O)NCc1cccc(F)c1)N(c1cccc(Cl)c1)S(C)(=O)=O. The summed E-state index contributed by atoms with van der Waals surface area (Å²) in [7, 11) is -3.71. The Bertz CT molecular complexity index is 874. The Labute approximate surface area is 151 Å². The van der Waals surface area contributed by atoms with Crippen LogP contribution >= 0.6 is 11.6 Å². The molecule has 0 aromatic heterocycles. The Hall–Kier alpha value is -2.12. The monoisotopic (exact) mass is 384 g/mol. The molecule has 0 heterocycles. The van der Waals surface area contributed by atoms with Crippen molar-refractivity contribution in [1.29, 1.82) is 0 Å². The summed E-state index contributed by atoms with van der Waals surface area (Å²) in [6.45, 7) is 1.57. The van der Waals surface area contributed by atoms with Gasteiger partial charge in [0.2, 0.25) is 15.9 Å². The normalized spacial score (nSPS) is 12.5. The Morgan fingerprint density at radius 3 is 2.52 bits per heavy atom. The second-order valence-electron chi connectivity index (χ2n) is 5.56. The van der Waals surface area contributed by atoms with Crippen molar-refractivity contribution in [3.63, 3.8) is 0 Å². The van der Waals surface area contributed by atoms with E-state index in [1.165, 1.54) is 31.2 Å². The molecule has 25 heavy (non-hydrogen) atoms. The van der Waals surface area contributed by atoms with Crippen LogP contribution in [0.5, 0.6) is 0 Å². The number of carbonyl (C=O) groups excluding carboxylic acids is 1. The van der Waals surface area contributed by atoms with Gasteiger partial charge in [-0.05, 0) is 42.8 Å². The van der Waals surface area contributed by atoms with Gasteiger partial charge in [-0.2, -0.15) is 0 Å². The first kappa shape index (κ1) is 19.2. The van der Waals surface area contributed by atoms with E-state index in [0.29, 0.717) is 16.3 Å². The number of nitrogens with zero attached hydrogens (tertiary/aromatic N) is 1. The number of hydrogen-bond acceptors (Lipinski definition) is 3. The average Bonchev–Trinajstić information content (AvgIpc) is 2.51. The van der Waals surface area contributed by atoms with E-state index in [1.54, 1.807) is 24.3 Å². The number of nitrogens with one attached hydrogen (secondary N) is 1. The van der Waals surface area contributed by atoms with Crippen molar-refractivity contribution in [2.24, 2.45) is 0 Å². The molecular weight excluding hydrogens is 367 g/mol. The number of sulfonamides is 1. The lowest BCUT2D eigenvalue weighted by atomic mass is 10.2. The average molecular weight is 385 g/mol. The highest BCUT2D eigenvalue weighted by Crippen LogP contribution is 2.24. The molecule has 0 aliphatic carbocycles.